The summed E-state index contributed by atoms with van der Waals surface area (Å²) in [5.74, 6) is 2.15. The van der Waals surface area contributed by atoms with E-state index in [0.717, 1.165) is 29.4 Å². The van der Waals surface area contributed by atoms with E-state index in [1.165, 1.54) is 4.88 Å². The van der Waals surface area contributed by atoms with Crippen LogP contribution in [0.4, 0.5) is 0 Å². The number of aliphatic hydroxyl groups is 1. The molecule has 1 aliphatic heterocycles. The summed E-state index contributed by atoms with van der Waals surface area (Å²) in [5, 5.41) is 14.9. The second-order valence-electron chi connectivity index (χ2n) is 4.72. The Balaban J connectivity index is 1.85. The van der Waals surface area contributed by atoms with Crippen LogP contribution in [-0.2, 0) is 0 Å². The van der Waals surface area contributed by atoms with E-state index in [1.807, 2.05) is 24.9 Å². The van der Waals surface area contributed by atoms with Crippen LogP contribution in [0.1, 0.15) is 35.7 Å². The molecule has 2 N–H and O–H groups in total. The van der Waals surface area contributed by atoms with Gasteiger partial charge in [0.15, 0.2) is 0 Å². The van der Waals surface area contributed by atoms with Crippen LogP contribution in [0.3, 0.4) is 0 Å². The molecule has 0 aliphatic carbocycles. The highest BCUT2D eigenvalue weighted by Gasteiger charge is 2.29. The van der Waals surface area contributed by atoms with Gasteiger partial charge in [-0.3, -0.25) is 0 Å². The maximum Gasteiger partial charge on any atom is 0.0897 e. The van der Waals surface area contributed by atoms with E-state index in [1.54, 1.807) is 11.3 Å². The van der Waals surface area contributed by atoms with E-state index in [0.29, 0.717) is 6.54 Å². The zero-order valence-electron chi connectivity index (χ0n) is 10.4. The molecule has 0 bridgehead atoms. The quantitative estimate of drug-likeness (QED) is 0.883. The van der Waals surface area contributed by atoms with Gasteiger partial charge in [0, 0.05) is 23.7 Å². The number of hydrogen-bond donors (Lipinski definition) is 2. The van der Waals surface area contributed by atoms with Crippen molar-refractivity contribution < 1.29 is 5.11 Å². The number of aryl methyl sites for hydroxylation is 1. The van der Waals surface area contributed by atoms with Crippen molar-refractivity contribution in [2.24, 2.45) is 0 Å². The molecule has 0 amide bonds. The number of rotatable bonds is 4. The lowest BCUT2D eigenvalue weighted by atomic mass is 9.96. The Morgan fingerprint density at radius 2 is 2.24 bits per heavy atom. The molecule has 0 saturated carbocycles. The fraction of sp³-hybridized carbons (Fsp3) is 0.750. The Hall–Kier alpha value is -0.100. The average Bonchev–Trinajstić information content (AvgIpc) is 2.74. The molecule has 3 nitrogen and oxygen atoms in total. The van der Waals surface area contributed by atoms with Crippen LogP contribution in [0.15, 0.2) is 6.20 Å². The molecular weight excluding hydrogens is 252 g/mol. The number of nitrogens with one attached hydrogen (secondary N) is 1. The van der Waals surface area contributed by atoms with Crippen molar-refractivity contribution in [2.45, 2.75) is 38.3 Å². The molecule has 1 aromatic heterocycles. The van der Waals surface area contributed by atoms with Crippen molar-refractivity contribution in [2.75, 3.05) is 18.1 Å². The summed E-state index contributed by atoms with van der Waals surface area (Å²) in [6.45, 7) is 4.84. The Kier molecular flexibility index (Phi) is 4.47. The third-order valence-electron chi connectivity index (χ3n) is 3.23. The minimum Gasteiger partial charge on any atom is -0.389 e. The summed E-state index contributed by atoms with van der Waals surface area (Å²) in [6.07, 6.45) is 3.73. The van der Waals surface area contributed by atoms with E-state index in [4.69, 9.17) is 0 Å². The van der Waals surface area contributed by atoms with E-state index < -0.39 is 5.60 Å². The van der Waals surface area contributed by atoms with Gasteiger partial charge >= 0.3 is 0 Å². The normalized spacial score (nSPS) is 21.4. The number of hydrogen-bond acceptors (Lipinski definition) is 5. The minimum absolute atomic E-state index is 0.278. The first-order chi connectivity index (χ1) is 8.09. The van der Waals surface area contributed by atoms with Crippen molar-refractivity contribution in [3.8, 4) is 0 Å². The largest absolute Gasteiger partial charge is 0.389 e. The van der Waals surface area contributed by atoms with Crippen LogP contribution in [0.25, 0.3) is 0 Å². The van der Waals surface area contributed by atoms with Crippen molar-refractivity contribution >= 4 is 23.1 Å². The molecule has 96 valence electrons. The summed E-state index contributed by atoms with van der Waals surface area (Å²) in [5.41, 5.74) is -0.501. The molecule has 17 heavy (non-hydrogen) atoms. The van der Waals surface area contributed by atoms with E-state index in [-0.39, 0.29) is 6.04 Å². The summed E-state index contributed by atoms with van der Waals surface area (Å²) in [7, 11) is 0. The first-order valence-corrected chi connectivity index (χ1v) is 8.02. The van der Waals surface area contributed by atoms with Gasteiger partial charge < -0.3 is 10.4 Å². The lowest BCUT2D eigenvalue weighted by Gasteiger charge is -2.33. The second-order valence-corrected chi connectivity index (χ2v) is 7.21. The summed E-state index contributed by atoms with van der Waals surface area (Å²) in [4.78, 5) is 5.51. The third kappa shape index (κ3) is 3.68. The topological polar surface area (TPSA) is 45.2 Å². The number of thioether (sulfide) groups is 1. The zero-order chi connectivity index (χ0) is 12.3. The predicted molar refractivity (Wildman–Crippen MR) is 74.8 cm³/mol. The number of thiazole rings is 1. The van der Waals surface area contributed by atoms with Crippen LogP contribution in [-0.4, -0.2) is 33.7 Å². The first-order valence-electron chi connectivity index (χ1n) is 6.05. The van der Waals surface area contributed by atoms with Crippen molar-refractivity contribution in [1.29, 1.82) is 0 Å². The maximum atomic E-state index is 10.4. The van der Waals surface area contributed by atoms with Gasteiger partial charge in [0.05, 0.1) is 10.6 Å². The van der Waals surface area contributed by atoms with Gasteiger partial charge in [-0.25, -0.2) is 4.98 Å². The average molecular weight is 272 g/mol. The van der Waals surface area contributed by atoms with Gasteiger partial charge in [0.25, 0.3) is 0 Å². The molecule has 1 aromatic rings. The van der Waals surface area contributed by atoms with Gasteiger partial charge in [-0.05, 0) is 38.2 Å². The Morgan fingerprint density at radius 1 is 1.53 bits per heavy atom. The molecule has 0 spiro atoms. The Morgan fingerprint density at radius 3 is 2.82 bits per heavy atom. The van der Waals surface area contributed by atoms with Gasteiger partial charge in [0.2, 0.25) is 0 Å². The molecule has 5 heteroatoms. The Labute approximate surface area is 111 Å². The predicted octanol–water partition coefficient (Wildman–Crippen LogP) is 2.36. The molecule has 0 aromatic carbocycles. The lowest BCUT2D eigenvalue weighted by Crippen LogP contribution is -2.44. The Bertz CT molecular complexity index is 361. The monoisotopic (exact) mass is 272 g/mol. The highest BCUT2D eigenvalue weighted by Crippen LogP contribution is 2.27. The summed E-state index contributed by atoms with van der Waals surface area (Å²) >= 11 is 3.66. The number of aromatic nitrogens is 1. The zero-order valence-corrected chi connectivity index (χ0v) is 12.0. The molecule has 1 atom stereocenters. The molecule has 2 heterocycles. The maximum absolute atomic E-state index is 10.4. The van der Waals surface area contributed by atoms with Gasteiger partial charge in [-0.15, -0.1) is 11.3 Å². The second kappa shape index (κ2) is 5.69. The highest BCUT2D eigenvalue weighted by atomic mass is 32.2. The van der Waals surface area contributed by atoms with Crippen molar-refractivity contribution in [3.05, 3.63) is 16.1 Å². The fourth-order valence-corrected chi connectivity index (χ4v) is 4.01. The molecule has 1 aliphatic rings. The smallest absolute Gasteiger partial charge is 0.0897 e. The van der Waals surface area contributed by atoms with Crippen molar-refractivity contribution in [1.82, 2.24) is 10.3 Å². The molecule has 2 rings (SSSR count). The molecule has 1 fully saturated rings. The third-order valence-corrected chi connectivity index (χ3v) is 5.31. The van der Waals surface area contributed by atoms with E-state index in [9.17, 15) is 5.11 Å². The summed E-state index contributed by atoms with van der Waals surface area (Å²) < 4.78 is 0. The molecule has 0 radical (unpaired) electrons. The van der Waals surface area contributed by atoms with E-state index in [2.05, 4.69) is 17.2 Å². The van der Waals surface area contributed by atoms with E-state index >= 15 is 0 Å². The molecule has 1 unspecified atom stereocenters. The number of nitrogens with zero attached hydrogens (tertiary/aromatic N) is 1. The fourth-order valence-electron chi connectivity index (χ4n) is 1.95. The molecular formula is C12H20N2OS2. The minimum atomic E-state index is -0.501. The SMILES string of the molecule is Cc1ncc(C(C)NCC2(O)CCSCC2)s1. The van der Waals surface area contributed by atoms with Gasteiger partial charge in [-0.1, -0.05) is 0 Å². The van der Waals surface area contributed by atoms with Crippen LogP contribution in [0.5, 0.6) is 0 Å². The van der Waals surface area contributed by atoms with Gasteiger partial charge in [-0.2, -0.15) is 11.8 Å². The highest BCUT2D eigenvalue weighted by molar-refractivity contribution is 7.99. The summed E-state index contributed by atoms with van der Waals surface area (Å²) in [6, 6.07) is 0.278. The standard InChI is InChI=1S/C12H20N2OS2/c1-9(11-7-13-10(2)17-11)14-8-12(15)3-5-16-6-4-12/h7,9,14-15H,3-6,8H2,1-2H3. The van der Waals surface area contributed by atoms with Crippen LogP contribution < -0.4 is 5.32 Å². The van der Waals surface area contributed by atoms with Crippen LogP contribution in [0, 0.1) is 6.92 Å². The van der Waals surface area contributed by atoms with Gasteiger partial charge in [0.1, 0.15) is 0 Å². The van der Waals surface area contributed by atoms with Crippen molar-refractivity contribution in [3.63, 3.8) is 0 Å². The lowest BCUT2D eigenvalue weighted by molar-refractivity contribution is 0.0301. The van der Waals surface area contributed by atoms with Crippen LogP contribution >= 0.6 is 23.1 Å². The molecule has 1 saturated heterocycles. The first kappa shape index (κ1) is 13.3. The van der Waals surface area contributed by atoms with Crippen LogP contribution in [0.2, 0.25) is 0 Å².